The van der Waals surface area contributed by atoms with Crippen molar-refractivity contribution in [3.05, 3.63) is 0 Å². The van der Waals surface area contributed by atoms with E-state index >= 15 is 0 Å². The number of aliphatic hydroxyl groups excluding tert-OH is 1. The maximum atomic E-state index is 12.6. The maximum absolute atomic E-state index is 12.6. The van der Waals surface area contributed by atoms with Gasteiger partial charge < -0.3 is 24.6 Å². The number of unbranched alkanes of at least 4 members (excludes halogenated alkanes) is 24. The standard InChI is InChI=1S/C40H75NO8/c1-3-5-7-9-11-13-15-17-19-21-23-25-27-29-38(44)47-33-36(34-48-39(45)32-31-37(43)41-35-42)49-40(46)30-28-26-24-22-20-18-16-14-12-10-8-6-4-2/h36,42H,3-35H2,1-2H3,(H,41,43). The SMILES string of the molecule is CCCCCCCCCCCCCCCC(=O)OCC(COC(=O)CCC(=O)NCO)OC(=O)CCCCCCCCCCCCCCC. The molecule has 288 valence electrons. The minimum Gasteiger partial charge on any atom is -0.462 e. The average molecular weight is 698 g/mol. The molecule has 0 bridgehead atoms. The summed E-state index contributed by atoms with van der Waals surface area (Å²) in [6.07, 6.45) is 31.1. The molecule has 1 amide bonds. The summed E-state index contributed by atoms with van der Waals surface area (Å²) >= 11 is 0. The molecule has 0 aromatic rings. The van der Waals surface area contributed by atoms with E-state index in [0.717, 1.165) is 38.5 Å². The normalized spacial score (nSPS) is 11.7. The number of nitrogens with one attached hydrogen (secondary N) is 1. The second-order valence-corrected chi connectivity index (χ2v) is 13.7. The van der Waals surface area contributed by atoms with E-state index in [1.807, 2.05) is 0 Å². The Bertz CT molecular complexity index is 790. The van der Waals surface area contributed by atoms with E-state index in [1.54, 1.807) is 0 Å². The summed E-state index contributed by atoms with van der Waals surface area (Å²) in [5.74, 6) is -1.86. The van der Waals surface area contributed by atoms with Crippen LogP contribution in [0.25, 0.3) is 0 Å². The van der Waals surface area contributed by atoms with Gasteiger partial charge in [0.15, 0.2) is 6.10 Å². The van der Waals surface area contributed by atoms with Crippen LogP contribution in [0.1, 0.15) is 206 Å². The number of ether oxygens (including phenoxy) is 3. The van der Waals surface area contributed by atoms with Crippen LogP contribution in [-0.4, -0.2) is 55.0 Å². The Morgan fingerprint density at radius 3 is 1.14 bits per heavy atom. The first-order valence-electron chi connectivity index (χ1n) is 20.3. The second kappa shape index (κ2) is 37.1. The molecule has 9 nitrogen and oxygen atoms in total. The van der Waals surface area contributed by atoms with Gasteiger partial charge in [0.05, 0.1) is 6.42 Å². The van der Waals surface area contributed by atoms with Crippen molar-refractivity contribution in [2.24, 2.45) is 0 Å². The van der Waals surface area contributed by atoms with Crippen molar-refractivity contribution in [1.82, 2.24) is 5.32 Å². The van der Waals surface area contributed by atoms with Gasteiger partial charge in [0.2, 0.25) is 5.91 Å². The lowest BCUT2D eigenvalue weighted by Gasteiger charge is -2.18. The quantitative estimate of drug-likeness (QED) is 0.0284. The van der Waals surface area contributed by atoms with Crippen molar-refractivity contribution in [2.75, 3.05) is 19.9 Å². The van der Waals surface area contributed by atoms with Crippen molar-refractivity contribution in [3.8, 4) is 0 Å². The Balaban J connectivity index is 4.25. The lowest BCUT2D eigenvalue weighted by molar-refractivity contribution is -0.167. The predicted molar refractivity (Wildman–Crippen MR) is 197 cm³/mol. The molecule has 2 N–H and O–H groups in total. The molecule has 0 rings (SSSR count). The number of carbonyl (C=O) groups is 4. The summed E-state index contributed by atoms with van der Waals surface area (Å²) in [6, 6.07) is 0. The maximum Gasteiger partial charge on any atom is 0.306 e. The van der Waals surface area contributed by atoms with Crippen LogP contribution in [0.2, 0.25) is 0 Å². The first-order chi connectivity index (χ1) is 23.9. The highest BCUT2D eigenvalue weighted by Gasteiger charge is 2.20. The third-order valence-electron chi connectivity index (χ3n) is 8.96. The van der Waals surface area contributed by atoms with Gasteiger partial charge in [0.1, 0.15) is 19.9 Å². The Morgan fingerprint density at radius 1 is 0.449 bits per heavy atom. The Kier molecular flexibility index (Phi) is 35.5. The Hall–Kier alpha value is -2.16. The summed E-state index contributed by atoms with van der Waals surface area (Å²) in [5.41, 5.74) is 0. The molecule has 0 radical (unpaired) electrons. The summed E-state index contributed by atoms with van der Waals surface area (Å²) in [7, 11) is 0. The van der Waals surface area contributed by atoms with Gasteiger partial charge in [0.25, 0.3) is 0 Å². The lowest BCUT2D eigenvalue weighted by Crippen LogP contribution is -2.31. The molecule has 0 aliphatic rings. The minimum atomic E-state index is -0.903. The highest BCUT2D eigenvalue weighted by Crippen LogP contribution is 2.15. The number of hydrogen-bond acceptors (Lipinski definition) is 8. The zero-order valence-electron chi connectivity index (χ0n) is 31.7. The first kappa shape index (κ1) is 46.8. The third-order valence-corrected chi connectivity index (χ3v) is 8.96. The zero-order chi connectivity index (χ0) is 36.0. The van der Waals surface area contributed by atoms with E-state index in [0.29, 0.717) is 6.42 Å². The van der Waals surface area contributed by atoms with Crippen molar-refractivity contribution in [3.63, 3.8) is 0 Å². The largest absolute Gasteiger partial charge is 0.462 e. The van der Waals surface area contributed by atoms with Crippen LogP contribution < -0.4 is 5.32 Å². The van der Waals surface area contributed by atoms with Crippen LogP contribution >= 0.6 is 0 Å². The number of rotatable bonds is 37. The molecular weight excluding hydrogens is 622 g/mol. The molecule has 0 saturated heterocycles. The highest BCUT2D eigenvalue weighted by atomic mass is 16.6. The van der Waals surface area contributed by atoms with E-state index in [4.69, 9.17) is 19.3 Å². The van der Waals surface area contributed by atoms with E-state index in [9.17, 15) is 19.2 Å². The molecule has 0 aliphatic carbocycles. The summed E-state index contributed by atoms with van der Waals surface area (Å²) in [5, 5.41) is 11.0. The zero-order valence-corrected chi connectivity index (χ0v) is 31.7. The predicted octanol–water partition coefficient (Wildman–Crippen LogP) is 9.79. The van der Waals surface area contributed by atoms with Gasteiger partial charge in [-0.25, -0.2) is 0 Å². The molecule has 49 heavy (non-hydrogen) atoms. The van der Waals surface area contributed by atoms with Crippen molar-refractivity contribution < 1.29 is 38.5 Å². The van der Waals surface area contributed by atoms with Gasteiger partial charge in [-0.15, -0.1) is 0 Å². The molecule has 0 spiro atoms. The van der Waals surface area contributed by atoms with E-state index in [-0.39, 0.29) is 38.4 Å². The van der Waals surface area contributed by atoms with E-state index in [2.05, 4.69) is 19.2 Å². The highest BCUT2D eigenvalue weighted by molar-refractivity contribution is 5.81. The molecule has 0 fully saturated rings. The van der Waals surface area contributed by atoms with Gasteiger partial charge in [-0.1, -0.05) is 168 Å². The van der Waals surface area contributed by atoms with Crippen LogP contribution in [0.15, 0.2) is 0 Å². The van der Waals surface area contributed by atoms with Crippen LogP contribution in [0, 0.1) is 0 Å². The smallest absolute Gasteiger partial charge is 0.306 e. The lowest BCUT2D eigenvalue weighted by atomic mass is 10.0. The monoisotopic (exact) mass is 698 g/mol. The fraction of sp³-hybridized carbons (Fsp3) is 0.900. The molecule has 9 heteroatoms. The van der Waals surface area contributed by atoms with Gasteiger partial charge >= 0.3 is 17.9 Å². The molecular formula is C40H75NO8. The van der Waals surface area contributed by atoms with Crippen molar-refractivity contribution in [1.29, 1.82) is 0 Å². The van der Waals surface area contributed by atoms with E-state index in [1.165, 1.54) is 128 Å². The average Bonchev–Trinajstić information content (AvgIpc) is 3.09. The van der Waals surface area contributed by atoms with Crippen LogP contribution in [0.4, 0.5) is 0 Å². The van der Waals surface area contributed by atoms with Gasteiger partial charge in [0, 0.05) is 19.3 Å². The number of amides is 1. The summed E-state index contributed by atoms with van der Waals surface area (Å²) < 4.78 is 16.2. The van der Waals surface area contributed by atoms with Gasteiger partial charge in [-0.3, -0.25) is 19.2 Å². The molecule has 0 aliphatic heterocycles. The van der Waals surface area contributed by atoms with Crippen molar-refractivity contribution >= 4 is 23.8 Å². The fourth-order valence-corrected chi connectivity index (χ4v) is 5.84. The van der Waals surface area contributed by atoms with Crippen LogP contribution in [0.5, 0.6) is 0 Å². The molecule has 0 saturated carbocycles. The number of esters is 3. The number of carbonyl (C=O) groups excluding carboxylic acids is 4. The number of aliphatic hydroxyl groups is 1. The first-order valence-corrected chi connectivity index (χ1v) is 20.3. The third kappa shape index (κ3) is 35.5. The van der Waals surface area contributed by atoms with Crippen molar-refractivity contribution in [2.45, 2.75) is 213 Å². The fourth-order valence-electron chi connectivity index (χ4n) is 5.84. The molecule has 0 aromatic carbocycles. The summed E-state index contributed by atoms with van der Waals surface area (Å²) in [4.78, 5) is 48.6. The topological polar surface area (TPSA) is 128 Å². The molecule has 1 unspecified atom stereocenters. The molecule has 1 atom stereocenters. The van der Waals surface area contributed by atoms with E-state index < -0.39 is 30.7 Å². The summed E-state index contributed by atoms with van der Waals surface area (Å²) in [6.45, 7) is 3.55. The molecule has 0 aromatic heterocycles. The van der Waals surface area contributed by atoms with Crippen LogP contribution in [0.3, 0.4) is 0 Å². The Labute approximate surface area is 299 Å². The molecule has 0 heterocycles. The van der Waals surface area contributed by atoms with Gasteiger partial charge in [-0.2, -0.15) is 0 Å². The minimum absolute atomic E-state index is 0.128. The Morgan fingerprint density at radius 2 is 0.776 bits per heavy atom. The second-order valence-electron chi connectivity index (χ2n) is 13.7. The number of hydrogen-bond donors (Lipinski definition) is 2. The van der Waals surface area contributed by atoms with Gasteiger partial charge in [-0.05, 0) is 12.8 Å². The van der Waals surface area contributed by atoms with Crippen LogP contribution in [-0.2, 0) is 33.4 Å².